The van der Waals surface area contributed by atoms with E-state index in [0.29, 0.717) is 0 Å². The molecule has 3 heteroatoms. The Bertz CT molecular complexity index is 903. The fraction of sp³-hybridized carbons (Fsp3) is 0.346. The maximum absolute atomic E-state index is 13.8. The molecule has 0 amide bonds. The van der Waals surface area contributed by atoms with E-state index in [-0.39, 0.29) is 23.5 Å². The van der Waals surface area contributed by atoms with Crippen LogP contribution in [0.4, 0.5) is 0 Å². The van der Waals surface area contributed by atoms with Gasteiger partial charge < -0.3 is 4.74 Å². The average Bonchev–Trinajstić information content (AvgIpc) is 2.73. The van der Waals surface area contributed by atoms with Gasteiger partial charge in [-0.25, -0.2) is 0 Å². The van der Waals surface area contributed by atoms with Crippen LogP contribution in [0.1, 0.15) is 55.5 Å². The molecule has 0 heterocycles. The van der Waals surface area contributed by atoms with Gasteiger partial charge in [0.2, 0.25) is 0 Å². The molecule has 0 spiro atoms. The molecule has 0 aromatic heterocycles. The third-order valence-corrected chi connectivity index (χ3v) is 6.43. The number of hydrogen-bond acceptors (Lipinski definition) is 2. The summed E-state index contributed by atoms with van der Waals surface area (Å²) in [4.78, 5) is 13.8. The van der Waals surface area contributed by atoms with Crippen molar-refractivity contribution in [1.29, 1.82) is 0 Å². The van der Waals surface area contributed by atoms with Crippen molar-refractivity contribution < 1.29 is 9.53 Å². The Hall–Kier alpha value is -2.13. The van der Waals surface area contributed by atoms with Crippen molar-refractivity contribution in [2.24, 2.45) is 11.8 Å². The van der Waals surface area contributed by atoms with Gasteiger partial charge in [-0.15, -0.1) is 0 Å². The molecule has 1 aliphatic rings. The minimum Gasteiger partial charge on any atom is -0.497 e. The molecule has 0 fully saturated rings. The van der Waals surface area contributed by atoms with E-state index in [1.807, 2.05) is 24.3 Å². The van der Waals surface area contributed by atoms with Crippen molar-refractivity contribution in [3.63, 3.8) is 0 Å². The number of ketones is 1. The SMILES string of the molecule is COc1ccc(C(=O)[C@@H]2[C@H](CC=C(C)C)C(C)=CC[C@H]2c2ccc(Br)cc2)cc1. The van der Waals surface area contributed by atoms with E-state index in [1.165, 1.54) is 16.7 Å². The van der Waals surface area contributed by atoms with Crippen molar-refractivity contribution in [2.75, 3.05) is 7.11 Å². The summed E-state index contributed by atoms with van der Waals surface area (Å²) in [5.74, 6) is 1.30. The first-order chi connectivity index (χ1) is 13.9. The van der Waals surface area contributed by atoms with E-state index in [9.17, 15) is 4.79 Å². The molecule has 0 saturated heterocycles. The largest absolute Gasteiger partial charge is 0.497 e. The number of ether oxygens (including phenoxy) is 1. The van der Waals surface area contributed by atoms with Crippen molar-refractivity contribution >= 4 is 21.7 Å². The highest BCUT2D eigenvalue weighted by molar-refractivity contribution is 9.10. The van der Waals surface area contributed by atoms with Crippen LogP contribution >= 0.6 is 15.9 Å². The summed E-state index contributed by atoms with van der Waals surface area (Å²) < 4.78 is 6.32. The number of rotatable bonds is 6. The molecule has 29 heavy (non-hydrogen) atoms. The van der Waals surface area contributed by atoms with Gasteiger partial charge >= 0.3 is 0 Å². The molecule has 2 aromatic rings. The first-order valence-corrected chi connectivity index (χ1v) is 10.9. The minimum atomic E-state index is -0.0785. The van der Waals surface area contributed by atoms with Gasteiger partial charge in [-0.3, -0.25) is 4.79 Å². The lowest BCUT2D eigenvalue weighted by Crippen LogP contribution is -2.33. The van der Waals surface area contributed by atoms with E-state index in [1.54, 1.807) is 7.11 Å². The van der Waals surface area contributed by atoms with Gasteiger partial charge in [0.15, 0.2) is 5.78 Å². The summed E-state index contributed by atoms with van der Waals surface area (Å²) in [5, 5.41) is 0. The van der Waals surface area contributed by atoms with Crippen LogP contribution in [0.2, 0.25) is 0 Å². The van der Waals surface area contributed by atoms with Crippen molar-refractivity contribution in [2.45, 2.75) is 39.5 Å². The highest BCUT2D eigenvalue weighted by Crippen LogP contribution is 2.44. The quantitative estimate of drug-likeness (QED) is 0.337. The molecule has 0 saturated carbocycles. The highest BCUT2D eigenvalue weighted by atomic mass is 79.9. The van der Waals surface area contributed by atoms with E-state index >= 15 is 0 Å². The number of allylic oxidation sites excluding steroid dienone is 4. The number of hydrogen-bond donors (Lipinski definition) is 0. The van der Waals surface area contributed by atoms with Crippen LogP contribution in [0, 0.1) is 11.8 Å². The maximum atomic E-state index is 13.8. The summed E-state index contributed by atoms with van der Waals surface area (Å²) in [7, 11) is 1.64. The monoisotopic (exact) mass is 452 g/mol. The molecule has 1 aliphatic carbocycles. The van der Waals surface area contributed by atoms with Gasteiger partial charge in [0.25, 0.3) is 0 Å². The Kier molecular flexibility index (Phi) is 7.13. The van der Waals surface area contributed by atoms with Crippen LogP contribution in [0.25, 0.3) is 0 Å². The van der Waals surface area contributed by atoms with Crippen molar-refractivity contribution in [3.8, 4) is 5.75 Å². The van der Waals surface area contributed by atoms with Gasteiger partial charge in [0, 0.05) is 16.0 Å². The van der Waals surface area contributed by atoms with E-state index in [0.717, 1.165) is 28.6 Å². The fourth-order valence-corrected chi connectivity index (χ4v) is 4.50. The van der Waals surface area contributed by atoms with Gasteiger partial charge in [0.1, 0.15) is 5.75 Å². The number of benzene rings is 2. The highest BCUT2D eigenvalue weighted by Gasteiger charge is 2.39. The zero-order valence-electron chi connectivity index (χ0n) is 17.6. The van der Waals surface area contributed by atoms with Crippen LogP contribution in [0.3, 0.4) is 0 Å². The van der Waals surface area contributed by atoms with Crippen LogP contribution in [0.15, 0.2) is 76.3 Å². The molecule has 0 bridgehead atoms. The Balaban J connectivity index is 2.03. The van der Waals surface area contributed by atoms with Crippen LogP contribution in [-0.4, -0.2) is 12.9 Å². The van der Waals surface area contributed by atoms with Crippen LogP contribution in [-0.2, 0) is 0 Å². The molecule has 3 atom stereocenters. The summed E-state index contributed by atoms with van der Waals surface area (Å²) >= 11 is 3.53. The summed E-state index contributed by atoms with van der Waals surface area (Å²) in [5.41, 5.74) is 4.60. The third kappa shape index (κ3) is 5.08. The van der Waals surface area contributed by atoms with Crippen molar-refractivity contribution in [3.05, 3.63) is 87.4 Å². The molecule has 0 unspecified atom stereocenters. The molecular weight excluding hydrogens is 424 g/mol. The van der Waals surface area contributed by atoms with Gasteiger partial charge in [-0.1, -0.05) is 51.4 Å². The Morgan fingerprint density at radius 2 is 1.76 bits per heavy atom. The number of carbonyl (C=O) groups is 1. The topological polar surface area (TPSA) is 26.3 Å². The second-order valence-electron chi connectivity index (χ2n) is 8.08. The summed E-state index contributed by atoms with van der Waals surface area (Å²) in [6.45, 7) is 6.42. The fourth-order valence-electron chi connectivity index (χ4n) is 4.24. The zero-order valence-corrected chi connectivity index (χ0v) is 19.2. The van der Waals surface area contributed by atoms with Gasteiger partial charge in [-0.2, -0.15) is 0 Å². The molecule has 2 nitrogen and oxygen atoms in total. The lowest BCUT2D eigenvalue weighted by Gasteiger charge is -2.37. The first-order valence-electron chi connectivity index (χ1n) is 10.1. The second kappa shape index (κ2) is 9.58. The normalized spacial score (nSPS) is 21.3. The zero-order chi connectivity index (χ0) is 21.0. The predicted octanol–water partition coefficient (Wildman–Crippen LogP) is 7.36. The molecule has 2 aromatic carbocycles. The van der Waals surface area contributed by atoms with E-state index < -0.39 is 0 Å². The standard InChI is InChI=1S/C26H29BrO2/c1-17(2)5-15-23-18(3)6-16-24(19-7-11-21(27)12-8-19)25(23)26(28)20-9-13-22(29-4)14-10-20/h5-14,23-25H,15-16H2,1-4H3/t23-,24+,25-/m1/s1. The van der Waals surface area contributed by atoms with E-state index in [4.69, 9.17) is 4.74 Å². The number of Topliss-reactive ketones (excluding diaryl/α,β-unsaturated/α-hetero) is 1. The molecule has 152 valence electrons. The number of halogens is 1. The Morgan fingerprint density at radius 3 is 2.34 bits per heavy atom. The summed E-state index contributed by atoms with van der Waals surface area (Å²) in [6, 6.07) is 16.0. The molecule has 0 aliphatic heterocycles. The van der Waals surface area contributed by atoms with Gasteiger partial charge in [0.05, 0.1) is 7.11 Å². The molecular formula is C26H29BrO2. The predicted molar refractivity (Wildman–Crippen MR) is 124 cm³/mol. The average molecular weight is 453 g/mol. The smallest absolute Gasteiger partial charge is 0.167 e. The van der Waals surface area contributed by atoms with Crippen LogP contribution < -0.4 is 4.74 Å². The van der Waals surface area contributed by atoms with Crippen molar-refractivity contribution in [1.82, 2.24) is 0 Å². The van der Waals surface area contributed by atoms with E-state index in [2.05, 4.69) is 73.1 Å². The Morgan fingerprint density at radius 1 is 1.10 bits per heavy atom. The second-order valence-corrected chi connectivity index (χ2v) is 9.00. The summed E-state index contributed by atoms with van der Waals surface area (Å²) in [6.07, 6.45) is 6.38. The third-order valence-electron chi connectivity index (χ3n) is 5.90. The Labute approximate surface area is 182 Å². The molecule has 3 rings (SSSR count). The number of methoxy groups -OCH3 is 1. The maximum Gasteiger partial charge on any atom is 0.167 e. The lowest BCUT2D eigenvalue weighted by atomic mass is 9.66. The van der Waals surface area contributed by atoms with Crippen LogP contribution in [0.5, 0.6) is 5.75 Å². The molecule has 0 N–H and O–H groups in total. The first kappa shape index (κ1) is 21.6. The minimum absolute atomic E-state index is 0.0785. The lowest BCUT2D eigenvalue weighted by molar-refractivity contribution is 0.0850. The van der Waals surface area contributed by atoms with Gasteiger partial charge in [-0.05, 0) is 87.4 Å². The number of carbonyl (C=O) groups excluding carboxylic acids is 1. The molecule has 0 radical (unpaired) electrons.